The predicted molar refractivity (Wildman–Crippen MR) is 71.3 cm³/mol. The third-order valence-corrected chi connectivity index (χ3v) is 3.68. The molecule has 1 fully saturated rings. The maximum Gasteiger partial charge on any atom is 0.230 e. The fraction of sp³-hybridized carbons (Fsp3) is 0.533. The maximum atomic E-state index is 12.5. The first-order chi connectivity index (χ1) is 8.72. The second-order valence-electron chi connectivity index (χ2n) is 4.93. The van der Waals surface area contributed by atoms with Crippen LogP contribution in [0.1, 0.15) is 37.7 Å². The van der Waals surface area contributed by atoms with Gasteiger partial charge in [-0.3, -0.25) is 4.79 Å². The van der Waals surface area contributed by atoms with Crippen molar-refractivity contribution >= 4 is 5.91 Å². The normalized spacial score (nSPS) is 18.7. The lowest BCUT2D eigenvalue weighted by Gasteiger charge is -2.32. The standard InChI is InChI=1S/C15H21NO2/c1-2-14(12-6-4-3-5-7-12)15(18)16-10-8-13(17)9-11-16/h3-7,13-14,17H,2,8-11H2,1H3. The Kier molecular flexibility index (Phi) is 4.37. The van der Waals surface area contributed by atoms with Crippen LogP contribution in [0.5, 0.6) is 0 Å². The van der Waals surface area contributed by atoms with Crippen molar-refractivity contribution in [2.24, 2.45) is 0 Å². The van der Waals surface area contributed by atoms with Gasteiger partial charge in [-0.25, -0.2) is 0 Å². The largest absolute Gasteiger partial charge is 0.393 e. The van der Waals surface area contributed by atoms with E-state index < -0.39 is 0 Å². The predicted octanol–water partition coefficient (Wildman–Crippen LogP) is 2.16. The van der Waals surface area contributed by atoms with Gasteiger partial charge in [0, 0.05) is 13.1 Å². The van der Waals surface area contributed by atoms with Gasteiger partial charge in [0.1, 0.15) is 0 Å². The molecule has 1 aromatic rings. The quantitative estimate of drug-likeness (QED) is 0.889. The Morgan fingerprint density at radius 3 is 2.50 bits per heavy atom. The molecular formula is C15H21NO2. The molecular weight excluding hydrogens is 226 g/mol. The molecule has 1 atom stereocenters. The van der Waals surface area contributed by atoms with Gasteiger partial charge in [0.2, 0.25) is 5.91 Å². The van der Waals surface area contributed by atoms with Crippen LogP contribution in [-0.2, 0) is 4.79 Å². The van der Waals surface area contributed by atoms with E-state index in [-0.39, 0.29) is 17.9 Å². The van der Waals surface area contributed by atoms with Crippen molar-refractivity contribution < 1.29 is 9.90 Å². The number of aliphatic hydroxyl groups is 1. The number of aliphatic hydroxyl groups excluding tert-OH is 1. The molecule has 1 aliphatic rings. The number of benzene rings is 1. The summed E-state index contributed by atoms with van der Waals surface area (Å²) in [5.41, 5.74) is 1.09. The van der Waals surface area contributed by atoms with Crippen LogP contribution in [0.2, 0.25) is 0 Å². The average Bonchev–Trinajstić information content (AvgIpc) is 2.41. The van der Waals surface area contributed by atoms with E-state index in [4.69, 9.17) is 0 Å². The molecule has 1 saturated heterocycles. The molecule has 1 aliphatic heterocycles. The highest BCUT2D eigenvalue weighted by Crippen LogP contribution is 2.23. The van der Waals surface area contributed by atoms with Crippen LogP contribution in [0, 0.1) is 0 Å². The number of hydrogen-bond donors (Lipinski definition) is 1. The summed E-state index contributed by atoms with van der Waals surface area (Å²) in [4.78, 5) is 14.4. The Hall–Kier alpha value is -1.35. The van der Waals surface area contributed by atoms with Crippen LogP contribution in [0.4, 0.5) is 0 Å². The highest BCUT2D eigenvalue weighted by atomic mass is 16.3. The topological polar surface area (TPSA) is 40.5 Å². The highest BCUT2D eigenvalue weighted by molar-refractivity contribution is 5.83. The molecule has 3 nitrogen and oxygen atoms in total. The first-order valence-electron chi connectivity index (χ1n) is 6.74. The molecule has 1 heterocycles. The Morgan fingerprint density at radius 2 is 1.94 bits per heavy atom. The van der Waals surface area contributed by atoms with Crippen molar-refractivity contribution in [3.8, 4) is 0 Å². The maximum absolute atomic E-state index is 12.5. The van der Waals surface area contributed by atoms with Crippen LogP contribution in [0.3, 0.4) is 0 Å². The first-order valence-corrected chi connectivity index (χ1v) is 6.74. The molecule has 0 aliphatic carbocycles. The summed E-state index contributed by atoms with van der Waals surface area (Å²) in [5.74, 6) is 0.164. The van der Waals surface area contributed by atoms with Gasteiger partial charge in [0.05, 0.1) is 12.0 Å². The number of amides is 1. The van der Waals surface area contributed by atoms with Gasteiger partial charge in [0.25, 0.3) is 0 Å². The van der Waals surface area contributed by atoms with E-state index in [1.807, 2.05) is 42.2 Å². The van der Waals surface area contributed by atoms with Crippen molar-refractivity contribution in [3.05, 3.63) is 35.9 Å². The Balaban J connectivity index is 2.06. The van der Waals surface area contributed by atoms with Crippen LogP contribution in [0.25, 0.3) is 0 Å². The zero-order chi connectivity index (χ0) is 13.0. The summed E-state index contributed by atoms with van der Waals surface area (Å²) in [7, 11) is 0. The first kappa shape index (κ1) is 13.1. The minimum atomic E-state index is -0.231. The van der Waals surface area contributed by atoms with Crippen LogP contribution in [-0.4, -0.2) is 35.1 Å². The number of nitrogens with zero attached hydrogens (tertiary/aromatic N) is 1. The molecule has 1 unspecified atom stereocenters. The lowest BCUT2D eigenvalue weighted by Crippen LogP contribution is -2.42. The number of carbonyl (C=O) groups excluding carboxylic acids is 1. The summed E-state index contributed by atoms with van der Waals surface area (Å²) in [6, 6.07) is 9.96. The van der Waals surface area contributed by atoms with E-state index in [2.05, 4.69) is 0 Å². The molecule has 0 aromatic heterocycles. The second kappa shape index (κ2) is 6.01. The highest BCUT2D eigenvalue weighted by Gasteiger charge is 2.27. The summed E-state index contributed by atoms with van der Waals surface area (Å²) >= 11 is 0. The van der Waals surface area contributed by atoms with E-state index in [0.717, 1.165) is 12.0 Å². The lowest BCUT2D eigenvalue weighted by molar-refractivity contribution is -0.134. The third-order valence-electron chi connectivity index (χ3n) is 3.68. The second-order valence-corrected chi connectivity index (χ2v) is 4.93. The van der Waals surface area contributed by atoms with E-state index in [1.54, 1.807) is 0 Å². The van der Waals surface area contributed by atoms with E-state index in [1.165, 1.54) is 0 Å². The number of piperidine rings is 1. The van der Waals surface area contributed by atoms with Gasteiger partial charge in [0.15, 0.2) is 0 Å². The SMILES string of the molecule is CCC(C(=O)N1CCC(O)CC1)c1ccccc1. The molecule has 2 rings (SSSR count). The van der Waals surface area contributed by atoms with Crippen molar-refractivity contribution in [1.82, 2.24) is 4.90 Å². The van der Waals surface area contributed by atoms with Crippen LogP contribution >= 0.6 is 0 Å². The van der Waals surface area contributed by atoms with Gasteiger partial charge in [-0.1, -0.05) is 37.3 Å². The van der Waals surface area contributed by atoms with Crippen molar-refractivity contribution in [3.63, 3.8) is 0 Å². The van der Waals surface area contributed by atoms with Gasteiger partial charge in [-0.2, -0.15) is 0 Å². The van der Waals surface area contributed by atoms with Gasteiger partial charge < -0.3 is 10.0 Å². The number of hydrogen-bond acceptors (Lipinski definition) is 2. The van der Waals surface area contributed by atoms with Crippen LogP contribution in [0.15, 0.2) is 30.3 Å². The fourth-order valence-corrected chi connectivity index (χ4v) is 2.54. The monoisotopic (exact) mass is 247 g/mol. The van der Waals surface area contributed by atoms with Gasteiger partial charge >= 0.3 is 0 Å². The summed E-state index contributed by atoms with van der Waals surface area (Å²) in [6.07, 6.45) is 2.00. The molecule has 3 heteroatoms. The van der Waals surface area contributed by atoms with Gasteiger partial charge in [-0.15, -0.1) is 0 Å². The summed E-state index contributed by atoms with van der Waals surface area (Å²) in [6.45, 7) is 3.42. The molecule has 0 bridgehead atoms. The third kappa shape index (κ3) is 2.91. The fourth-order valence-electron chi connectivity index (χ4n) is 2.54. The average molecular weight is 247 g/mol. The minimum absolute atomic E-state index is 0.0403. The zero-order valence-corrected chi connectivity index (χ0v) is 10.9. The molecule has 1 aromatic carbocycles. The number of rotatable bonds is 3. The smallest absolute Gasteiger partial charge is 0.230 e. The molecule has 98 valence electrons. The molecule has 0 spiro atoms. The molecule has 0 saturated carbocycles. The van der Waals surface area contributed by atoms with Crippen LogP contribution < -0.4 is 0 Å². The van der Waals surface area contributed by atoms with Crippen molar-refractivity contribution in [2.45, 2.75) is 38.2 Å². The lowest BCUT2D eigenvalue weighted by atomic mass is 9.94. The van der Waals surface area contributed by atoms with Gasteiger partial charge in [-0.05, 0) is 24.8 Å². The Bertz CT molecular complexity index is 383. The Labute approximate surface area is 108 Å². The molecule has 18 heavy (non-hydrogen) atoms. The summed E-state index contributed by atoms with van der Waals surface area (Å²) < 4.78 is 0. The number of carbonyl (C=O) groups is 1. The zero-order valence-electron chi connectivity index (χ0n) is 10.9. The molecule has 1 N–H and O–H groups in total. The number of likely N-dealkylation sites (tertiary alicyclic amines) is 1. The van der Waals surface area contributed by atoms with E-state index in [0.29, 0.717) is 25.9 Å². The summed E-state index contributed by atoms with van der Waals surface area (Å²) in [5, 5.41) is 9.48. The Morgan fingerprint density at radius 1 is 1.33 bits per heavy atom. The molecule has 0 radical (unpaired) electrons. The minimum Gasteiger partial charge on any atom is -0.393 e. The molecule has 1 amide bonds. The van der Waals surface area contributed by atoms with E-state index in [9.17, 15) is 9.90 Å². The van der Waals surface area contributed by atoms with Crippen molar-refractivity contribution in [2.75, 3.05) is 13.1 Å². The van der Waals surface area contributed by atoms with E-state index >= 15 is 0 Å². The van der Waals surface area contributed by atoms with Crippen molar-refractivity contribution in [1.29, 1.82) is 0 Å².